The highest BCUT2D eigenvalue weighted by Gasteiger charge is 2.30. The van der Waals surface area contributed by atoms with Gasteiger partial charge in [0.05, 0.1) is 26.4 Å². The summed E-state index contributed by atoms with van der Waals surface area (Å²) < 4.78 is 68.1. The molecular weight excluding hydrogens is 1140 g/mol. The Balaban J connectivity index is 5.25. The Kier molecular flexibility index (Phi) is 59.2. The summed E-state index contributed by atoms with van der Waals surface area (Å²) >= 11 is 0. The SMILES string of the molecule is CCCCCCCCCCCCCCC(=O)OC[C@H](COP(=O)(O)OC[C@@H](O)COP(=O)(O)OC[C@@H](COC(=O)CCCCCCCCCC(C)C)OC(=O)CCCCCCCCCCCCCC)OC(=O)CCCCCCCCCCCCCC. The van der Waals surface area contributed by atoms with Gasteiger partial charge in [0.1, 0.15) is 19.3 Å². The lowest BCUT2D eigenvalue weighted by Crippen LogP contribution is -2.30. The first-order chi connectivity index (χ1) is 41.5. The van der Waals surface area contributed by atoms with Crippen LogP contribution < -0.4 is 0 Å². The summed E-state index contributed by atoms with van der Waals surface area (Å²) in [7, 11) is -9.89. The summed E-state index contributed by atoms with van der Waals surface area (Å²) in [5.74, 6) is -1.42. The monoisotopic (exact) mass is 1270 g/mol. The zero-order valence-corrected chi connectivity index (χ0v) is 57.2. The molecule has 0 aliphatic heterocycles. The van der Waals surface area contributed by atoms with Crippen molar-refractivity contribution in [2.45, 2.75) is 361 Å². The van der Waals surface area contributed by atoms with Crippen molar-refractivity contribution >= 4 is 39.5 Å². The molecule has 0 fully saturated rings. The molecule has 3 N–H and O–H groups in total. The highest BCUT2D eigenvalue weighted by Crippen LogP contribution is 2.45. The van der Waals surface area contributed by atoms with E-state index in [-0.39, 0.29) is 25.7 Å². The predicted molar refractivity (Wildman–Crippen MR) is 345 cm³/mol. The normalized spacial score (nSPS) is 14.2. The molecule has 0 aromatic rings. The minimum Gasteiger partial charge on any atom is -0.462 e. The van der Waals surface area contributed by atoms with E-state index in [2.05, 4.69) is 34.6 Å². The molecule has 0 radical (unpaired) electrons. The van der Waals surface area contributed by atoms with Crippen molar-refractivity contribution in [3.8, 4) is 0 Å². The second-order valence-corrected chi connectivity index (χ2v) is 27.6. The first-order valence-corrected chi connectivity index (χ1v) is 38.1. The fourth-order valence-corrected chi connectivity index (χ4v) is 11.7. The van der Waals surface area contributed by atoms with Crippen molar-refractivity contribution in [1.29, 1.82) is 0 Å². The first kappa shape index (κ1) is 84.1. The molecule has 0 aliphatic carbocycles. The number of phosphoric acid groups is 2. The maximum Gasteiger partial charge on any atom is 0.472 e. The number of unbranched alkanes of at least 4 members (excludes halogenated alkanes) is 39. The Hall–Kier alpha value is -1.94. The van der Waals surface area contributed by atoms with Crippen LogP contribution >= 0.6 is 15.6 Å². The average molecular weight is 1270 g/mol. The molecule has 0 amide bonds. The molecule has 0 spiro atoms. The molecule has 0 rings (SSSR count). The molecule has 19 heteroatoms. The lowest BCUT2D eigenvalue weighted by Gasteiger charge is -2.21. The number of rotatable bonds is 67. The highest BCUT2D eigenvalue weighted by atomic mass is 31.2. The van der Waals surface area contributed by atoms with Gasteiger partial charge in [-0.3, -0.25) is 37.3 Å². The first-order valence-electron chi connectivity index (χ1n) is 35.1. The minimum atomic E-state index is -4.95. The van der Waals surface area contributed by atoms with Gasteiger partial charge in [0.15, 0.2) is 12.2 Å². The minimum absolute atomic E-state index is 0.107. The van der Waals surface area contributed by atoms with Crippen LogP contribution in [0.4, 0.5) is 0 Å². The van der Waals surface area contributed by atoms with E-state index in [0.717, 1.165) is 96.3 Å². The Morgan fingerprint density at radius 1 is 0.314 bits per heavy atom. The third-order valence-corrected chi connectivity index (χ3v) is 17.4. The molecule has 17 nitrogen and oxygen atoms in total. The number of hydrogen-bond acceptors (Lipinski definition) is 15. The fraction of sp³-hybridized carbons (Fsp3) is 0.940. The zero-order chi connectivity index (χ0) is 63.5. The number of ether oxygens (including phenoxy) is 4. The number of aliphatic hydroxyl groups excluding tert-OH is 1. The smallest absolute Gasteiger partial charge is 0.462 e. The van der Waals surface area contributed by atoms with E-state index in [4.69, 9.17) is 37.0 Å². The van der Waals surface area contributed by atoms with Crippen molar-refractivity contribution < 1.29 is 80.2 Å². The lowest BCUT2D eigenvalue weighted by molar-refractivity contribution is -0.161. The molecule has 510 valence electrons. The summed E-state index contributed by atoms with van der Waals surface area (Å²) in [5.41, 5.74) is 0. The van der Waals surface area contributed by atoms with E-state index in [1.165, 1.54) is 161 Å². The van der Waals surface area contributed by atoms with Gasteiger partial charge in [-0.05, 0) is 31.6 Å². The third kappa shape index (κ3) is 60.9. The van der Waals surface area contributed by atoms with Crippen molar-refractivity contribution in [3.05, 3.63) is 0 Å². The molecule has 0 bridgehead atoms. The molecule has 0 saturated carbocycles. The molecule has 5 atom stereocenters. The molecule has 2 unspecified atom stereocenters. The largest absolute Gasteiger partial charge is 0.472 e. The van der Waals surface area contributed by atoms with Gasteiger partial charge in [0.25, 0.3) is 0 Å². The van der Waals surface area contributed by atoms with Crippen molar-refractivity contribution in [1.82, 2.24) is 0 Å². The van der Waals surface area contributed by atoms with Crippen molar-refractivity contribution in [2.24, 2.45) is 5.92 Å². The van der Waals surface area contributed by atoms with Gasteiger partial charge in [-0.1, -0.05) is 291 Å². The number of carbonyl (C=O) groups is 4. The van der Waals surface area contributed by atoms with Crippen LogP contribution in [0.3, 0.4) is 0 Å². The molecule has 86 heavy (non-hydrogen) atoms. The van der Waals surface area contributed by atoms with Crippen molar-refractivity contribution in [2.75, 3.05) is 39.6 Å². The average Bonchev–Trinajstić information content (AvgIpc) is 3.48. The number of hydrogen-bond donors (Lipinski definition) is 3. The summed E-state index contributed by atoms with van der Waals surface area (Å²) in [6.45, 7) is 7.17. The number of esters is 4. The molecule has 0 aromatic heterocycles. The van der Waals surface area contributed by atoms with Gasteiger partial charge in [-0.15, -0.1) is 0 Å². The van der Waals surface area contributed by atoms with E-state index >= 15 is 0 Å². The van der Waals surface area contributed by atoms with Gasteiger partial charge in [-0.25, -0.2) is 9.13 Å². The summed E-state index contributed by atoms with van der Waals surface area (Å²) in [6, 6.07) is 0. The van der Waals surface area contributed by atoms with Crippen LogP contribution in [0, 0.1) is 5.92 Å². The summed E-state index contributed by atoms with van der Waals surface area (Å²) in [5, 5.41) is 10.6. The Labute approximate surface area is 524 Å². The van der Waals surface area contributed by atoms with Gasteiger partial charge in [0, 0.05) is 25.7 Å². The number of phosphoric ester groups is 2. The van der Waals surface area contributed by atoms with E-state index < -0.39 is 97.5 Å². The third-order valence-electron chi connectivity index (χ3n) is 15.5. The zero-order valence-electron chi connectivity index (χ0n) is 55.4. The molecule has 0 saturated heterocycles. The van der Waals surface area contributed by atoms with Crippen LogP contribution in [0.5, 0.6) is 0 Å². The van der Waals surface area contributed by atoms with E-state index in [1.807, 2.05) is 0 Å². The van der Waals surface area contributed by atoms with Crippen LogP contribution in [0.25, 0.3) is 0 Å². The van der Waals surface area contributed by atoms with Crippen LogP contribution in [-0.4, -0.2) is 96.7 Å². The molecule has 0 aromatic carbocycles. The molecular formula is C67H130O17P2. The van der Waals surface area contributed by atoms with Crippen molar-refractivity contribution in [3.63, 3.8) is 0 Å². The topological polar surface area (TPSA) is 237 Å². The lowest BCUT2D eigenvalue weighted by atomic mass is 10.0. The van der Waals surface area contributed by atoms with Gasteiger partial charge < -0.3 is 33.8 Å². The predicted octanol–water partition coefficient (Wildman–Crippen LogP) is 19.0. The standard InChI is InChI=1S/C67H130O17P2/c1-6-9-12-15-18-21-24-27-30-35-40-45-50-64(69)77-56-62(83-66(71)52-47-42-36-31-28-25-22-19-16-13-10-7-2)58-81-85(73,74)79-54-61(68)55-80-86(75,76)82-59-63(57-78-65(70)51-46-41-38-33-34-39-44-49-60(4)5)84-67(72)53-48-43-37-32-29-26-23-20-17-14-11-8-3/h60-63,68H,6-59H2,1-5H3,(H,73,74)(H,75,76)/t61-,62-,63-/m1/s1. The van der Waals surface area contributed by atoms with Gasteiger partial charge in [-0.2, -0.15) is 0 Å². The Morgan fingerprint density at radius 3 is 0.791 bits per heavy atom. The number of carbonyl (C=O) groups excluding carboxylic acids is 4. The molecule has 0 aliphatic rings. The van der Waals surface area contributed by atoms with Crippen LogP contribution in [0.15, 0.2) is 0 Å². The fourth-order valence-electron chi connectivity index (χ4n) is 10.1. The second-order valence-electron chi connectivity index (χ2n) is 24.7. The Morgan fingerprint density at radius 2 is 0.535 bits per heavy atom. The molecule has 0 heterocycles. The maximum absolute atomic E-state index is 13.0. The maximum atomic E-state index is 13.0. The summed E-state index contributed by atoms with van der Waals surface area (Å²) in [4.78, 5) is 72.4. The van der Waals surface area contributed by atoms with E-state index in [0.29, 0.717) is 31.6 Å². The van der Waals surface area contributed by atoms with Crippen LogP contribution in [0.2, 0.25) is 0 Å². The Bertz CT molecular complexity index is 1670. The van der Waals surface area contributed by atoms with E-state index in [9.17, 15) is 43.2 Å². The van der Waals surface area contributed by atoms with Gasteiger partial charge in [0.2, 0.25) is 0 Å². The van der Waals surface area contributed by atoms with Crippen LogP contribution in [0.1, 0.15) is 343 Å². The van der Waals surface area contributed by atoms with Gasteiger partial charge >= 0.3 is 39.5 Å². The van der Waals surface area contributed by atoms with Crippen LogP contribution in [-0.2, 0) is 65.4 Å². The van der Waals surface area contributed by atoms with E-state index in [1.54, 1.807) is 0 Å². The quantitative estimate of drug-likeness (QED) is 0.0222. The summed E-state index contributed by atoms with van der Waals surface area (Å²) in [6.07, 6.45) is 45.7. The highest BCUT2D eigenvalue weighted by molar-refractivity contribution is 7.47. The second kappa shape index (κ2) is 60.6. The number of aliphatic hydroxyl groups is 1.